The van der Waals surface area contributed by atoms with E-state index < -0.39 is 5.72 Å². The van der Waals surface area contributed by atoms with Crippen LogP contribution in [0.1, 0.15) is 64.4 Å². The van der Waals surface area contributed by atoms with Gasteiger partial charge < -0.3 is 26.1 Å². The highest BCUT2D eigenvalue weighted by molar-refractivity contribution is 6.34. The van der Waals surface area contributed by atoms with Crippen molar-refractivity contribution in [1.29, 1.82) is 5.41 Å². The number of carbonyl (C=O) groups is 2. The van der Waals surface area contributed by atoms with Gasteiger partial charge in [0.25, 0.3) is 11.8 Å². The maximum atomic E-state index is 13.0. The van der Waals surface area contributed by atoms with Crippen molar-refractivity contribution < 1.29 is 14.3 Å². The smallest absolute Gasteiger partial charge is 0.258 e. The number of nitrogens with one attached hydrogen (secondary N) is 2. The molecule has 0 aliphatic carbocycles. The average Bonchev–Trinajstić information content (AvgIpc) is 2.75. The molecule has 2 aromatic rings. The van der Waals surface area contributed by atoms with Gasteiger partial charge >= 0.3 is 0 Å². The minimum atomic E-state index is -0.820. The van der Waals surface area contributed by atoms with E-state index in [0.29, 0.717) is 54.3 Å². The number of anilines is 1. The molecule has 0 radical (unpaired) electrons. The summed E-state index contributed by atoms with van der Waals surface area (Å²) in [6, 6.07) is 8.82. The summed E-state index contributed by atoms with van der Waals surface area (Å²) in [6.45, 7) is 4.99. The molecule has 4 N–H and O–H groups in total. The fourth-order valence-corrected chi connectivity index (χ4v) is 4.27. The Balaban J connectivity index is 1.50. The number of likely N-dealkylation sites (tertiary alicyclic amines) is 1. The van der Waals surface area contributed by atoms with Crippen LogP contribution in [0.4, 0.5) is 5.69 Å². The number of fused-ring (bicyclic) bond motifs is 1. The van der Waals surface area contributed by atoms with Crippen LogP contribution in [0.15, 0.2) is 30.3 Å². The van der Waals surface area contributed by atoms with Crippen LogP contribution in [0.2, 0.25) is 5.02 Å². The van der Waals surface area contributed by atoms with Crippen molar-refractivity contribution in [1.82, 2.24) is 10.2 Å². The van der Waals surface area contributed by atoms with Gasteiger partial charge in [0.15, 0.2) is 5.72 Å². The van der Waals surface area contributed by atoms with Crippen molar-refractivity contribution in [3.8, 4) is 5.75 Å². The SMILES string of the molecule is CC(C)c1ccc2c(c1)C(=O)NC1(CCN(C(=O)c3cc(Cl)c(N)c(C=N)c3)CC1)O2. The Morgan fingerprint density at radius 3 is 2.65 bits per heavy atom. The molecule has 0 saturated carbocycles. The minimum Gasteiger partial charge on any atom is -0.467 e. The Labute approximate surface area is 186 Å². The standard InChI is InChI=1S/C23H25ClN4O3/c1-13(2)14-3-4-19-17(10-14)21(29)27-23(31-19)5-7-28(8-6-23)22(30)15-9-16(12-25)20(26)18(24)11-15/h3-4,9-13,25H,5-8,26H2,1-2H3,(H,27,29). The molecule has 2 amide bonds. The van der Waals surface area contributed by atoms with E-state index in [1.165, 1.54) is 6.07 Å². The van der Waals surface area contributed by atoms with Crippen LogP contribution in [0.25, 0.3) is 0 Å². The number of halogens is 1. The summed E-state index contributed by atoms with van der Waals surface area (Å²) in [5.41, 5.74) is 7.73. The Bertz CT molecular complexity index is 1070. The van der Waals surface area contributed by atoms with Crippen molar-refractivity contribution in [2.75, 3.05) is 18.8 Å². The second-order valence-corrected chi connectivity index (χ2v) is 8.77. The quantitative estimate of drug-likeness (QED) is 0.498. The number of nitrogens with two attached hydrogens (primary N) is 1. The fraction of sp³-hybridized carbons (Fsp3) is 0.348. The number of benzene rings is 2. The molecule has 8 heteroatoms. The first-order valence-corrected chi connectivity index (χ1v) is 10.6. The van der Waals surface area contributed by atoms with E-state index in [1.807, 2.05) is 18.2 Å². The van der Waals surface area contributed by atoms with E-state index in [4.69, 9.17) is 27.5 Å². The van der Waals surface area contributed by atoms with Crippen LogP contribution in [0.3, 0.4) is 0 Å². The zero-order valence-corrected chi connectivity index (χ0v) is 18.3. The zero-order chi connectivity index (χ0) is 22.3. The van der Waals surface area contributed by atoms with Gasteiger partial charge in [0, 0.05) is 43.3 Å². The number of hydrogen-bond donors (Lipinski definition) is 3. The second kappa shape index (κ2) is 7.89. The molecule has 2 aromatic carbocycles. The molecule has 2 aliphatic rings. The first-order valence-electron chi connectivity index (χ1n) is 10.3. The molecular weight excluding hydrogens is 416 g/mol. The Kier molecular flexibility index (Phi) is 5.39. The number of ether oxygens (including phenoxy) is 1. The summed E-state index contributed by atoms with van der Waals surface area (Å²) in [5, 5.41) is 10.7. The largest absolute Gasteiger partial charge is 0.467 e. The molecule has 0 aromatic heterocycles. The Morgan fingerprint density at radius 2 is 2.00 bits per heavy atom. The molecular formula is C23H25ClN4O3. The van der Waals surface area contributed by atoms with Gasteiger partial charge in [-0.15, -0.1) is 0 Å². The monoisotopic (exact) mass is 440 g/mol. The molecule has 4 rings (SSSR count). The van der Waals surface area contributed by atoms with E-state index in [-0.39, 0.29) is 22.5 Å². The molecule has 0 atom stereocenters. The lowest BCUT2D eigenvalue weighted by molar-refractivity contribution is -0.0245. The Hall–Kier alpha value is -3.06. The van der Waals surface area contributed by atoms with Gasteiger partial charge in [-0.25, -0.2) is 0 Å². The molecule has 0 unspecified atom stereocenters. The van der Waals surface area contributed by atoms with Gasteiger partial charge in [-0.3, -0.25) is 9.59 Å². The number of amides is 2. The summed E-state index contributed by atoms with van der Waals surface area (Å²) >= 11 is 6.13. The van der Waals surface area contributed by atoms with Crippen LogP contribution in [-0.4, -0.2) is 41.7 Å². The second-order valence-electron chi connectivity index (χ2n) is 8.36. The topological polar surface area (TPSA) is 109 Å². The molecule has 1 saturated heterocycles. The minimum absolute atomic E-state index is 0.149. The van der Waals surface area contributed by atoms with Crippen molar-refractivity contribution in [2.24, 2.45) is 0 Å². The van der Waals surface area contributed by atoms with Gasteiger partial charge in [0.1, 0.15) is 5.75 Å². The van der Waals surface area contributed by atoms with Crippen LogP contribution in [-0.2, 0) is 0 Å². The van der Waals surface area contributed by atoms with Gasteiger partial charge in [-0.05, 0) is 35.7 Å². The molecule has 2 aliphatic heterocycles. The van der Waals surface area contributed by atoms with Gasteiger partial charge in [0.05, 0.1) is 16.3 Å². The number of piperidine rings is 1. The number of rotatable bonds is 3. The lowest BCUT2D eigenvalue weighted by Gasteiger charge is -2.44. The van der Waals surface area contributed by atoms with Crippen LogP contribution in [0, 0.1) is 5.41 Å². The first-order chi connectivity index (χ1) is 14.7. The third-order valence-corrected chi connectivity index (χ3v) is 6.30. The lowest BCUT2D eigenvalue weighted by atomic mass is 9.94. The maximum absolute atomic E-state index is 13.0. The highest BCUT2D eigenvalue weighted by atomic mass is 35.5. The fourth-order valence-electron chi connectivity index (χ4n) is 4.05. The van der Waals surface area contributed by atoms with Gasteiger partial charge in [0.2, 0.25) is 0 Å². The molecule has 1 spiro atoms. The number of nitrogens with zero attached hydrogens (tertiary/aromatic N) is 1. The molecule has 7 nitrogen and oxygen atoms in total. The van der Waals surface area contributed by atoms with Crippen molar-refractivity contribution in [3.63, 3.8) is 0 Å². The summed E-state index contributed by atoms with van der Waals surface area (Å²) < 4.78 is 6.23. The normalized spacial score (nSPS) is 17.2. The molecule has 2 heterocycles. The molecule has 1 fully saturated rings. The number of hydrogen-bond acceptors (Lipinski definition) is 5. The lowest BCUT2D eigenvalue weighted by Crippen LogP contribution is -2.61. The van der Waals surface area contributed by atoms with Crippen molar-refractivity contribution >= 4 is 35.3 Å². The molecule has 0 bridgehead atoms. The van der Waals surface area contributed by atoms with Crippen molar-refractivity contribution in [2.45, 2.75) is 38.3 Å². The zero-order valence-electron chi connectivity index (χ0n) is 17.5. The van der Waals surface area contributed by atoms with E-state index >= 15 is 0 Å². The average molecular weight is 441 g/mol. The van der Waals surface area contributed by atoms with E-state index in [9.17, 15) is 9.59 Å². The van der Waals surface area contributed by atoms with E-state index in [2.05, 4.69) is 19.2 Å². The Morgan fingerprint density at radius 1 is 1.29 bits per heavy atom. The molecule has 31 heavy (non-hydrogen) atoms. The molecule has 162 valence electrons. The summed E-state index contributed by atoms with van der Waals surface area (Å²) in [7, 11) is 0. The maximum Gasteiger partial charge on any atom is 0.258 e. The van der Waals surface area contributed by atoms with E-state index in [1.54, 1.807) is 11.0 Å². The third-order valence-electron chi connectivity index (χ3n) is 5.98. The highest BCUT2D eigenvalue weighted by Crippen LogP contribution is 2.35. The van der Waals surface area contributed by atoms with Crippen LogP contribution >= 0.6 is 11.6 Å². The first kappa shape index (κ1) is 21.2. The van der Waals surface area contributed by atoms with Crippen LogP contribution in [0.5, 0.6) is 5.75 Å². The summed E-state index contributed by atoms with van der Waals surface area (Å²) in [6.07, 6.45) is 2.02. The van der Waals surface area contributed by atoms with Crippen molar-refractivity contribution in [3.05, 3.63) is 57.6 Å². The predicted molar refractivity (Wildman–Crippen MR) is 120 cm³/mol. The van der Waals surface area contributed by atoms with Gasteiger partial charge in [-0.1, -0.05) is 31.5 Å². The summed E-state index contributed by atoms with van der Waals surface area (Å²) in [5.74, 6) is 0.556. The summed E-state index contributed by atoms with van der Waals surface area (Å²) in [4.78, 5) is 27.5. The number of carbonyl (C=O) groups excluding carboxylic acids is 2. The van der Waals surface area contributed by atoms with E-state index in [0.717, 1.165) is 11.8 Å². The van der Waals surface area contributed by atoms with Crippen LogP contribution < -0.4 is 15.8 Å². The highest BCUT2D eigenvalue weighted by Gasteiger charge is 2.43. The predicted octanol–water partition coefficient (Wildman–Crippen LogP) is 3.80. The third kappa shape index (κ3) is 3.85. The number of nitrogen functional groups attached to an aromatic ring is 1. The van der Waals surface area contributed by atoms with Gasteiger partial charge in [-0.2, -0.15) is 0 Å².